The molecule has 0 aliphatic heterocycles. The molecule has 1 aliphatic carbocycles. The molecule has 7 heteroatoms. The Bertz CT molecular complexity index is 1920. The van der Waals surface area contributed by atoms with Gasteiger partial charge in [-0.3, -0.25) is 9.59 Å². The van der Waals surface area contributed by atoms with Crippen LogP contribution >= 0.6 is 0 Å². The van der Waals surface area contributed by atoms with E-state index in [1.54, 1.807) is 0 Å². The number of unbranched alkanes of at least 4 members (excludes halogenated alkanes) is 3. The molecule has 1 aliphatic rings. The second-order valence-corrected chi connectivity index (χ2v) is 27.5. The van der Waals surface area contributed by atoms with Gasteiger partial charge in [0.05, 0.1) is 11.7 Å². The summed E-state index contributed by atoms with van der Waals surface area (Å²) in [6, 6.07) is 43.0. The van der Waals surface area contributed by atoms with E-state index in [1.807, 2.05) is 0 Å². The highest BCUT2D eigenvalue weighted by atomic mass is 28.4. The van der Waals surface area contributed by atoms with Gasteiger partial charge in [0, 0.05) is 24.7 Å². The van der Waals surface area contributed by atoms with Crippen molar-refractivity contribution in [1.29, 1.82) is 0 Å². The van der Waals surface area contributed by atoms with Crippen LogP contribution in [0.2, 0.25) is 10.1 Å². The Kier molecular flexibility index (Phi) is 16.1. The minimum absolute atomic E-state index is 0.112. The highest BCUT2D eigenvalue weighted by Gasteiger charge is 2.56. The third kappa shape index (κ3) is 10.8. The number of hydrogen-bond acceptors (Lipinski definition) is 4. The molecule has 4 aromatic rings. The first-order valence-electron chi connectivity index (χ1n) is 22.3. The highest BCUT2D eigenvalue weighted by molar-refractivity contribution is 7.00. The second-order valence-electron chi connectivity index (χ2n) is 19.1. The van der Waals surface area contributed by atoms with E-state index in [9.17, 15) is 14.7 Å². The Morgan fingerprint density at radius 1 is 0.683 bits per heavy atom. The van der Waals surface area contributed by atoms with Crippen LogP contribution in [0.3, 0.4) is 0 Å². The minimum atomic E-state index is -2.98. The van der Waals surface area contributed by atoms with E-state index in [4.69, 9.17) is 8.85 Å². The fourth-order valence-electron chi connectivity index (χ4n) is 9.49. The Hall–Kier alpha value is -4.15. The number of hydrogen-bond donors (Lipinski definition) is 1. The number of carbonyl (C=O) groups excluding carboxylic acids is 1. The Morgan fingerprint density at radius 3 is 1.58 bits per heavy atom. The lowest BCUT2D eigenvalue weighted by Gasteiger charge is -2.48. The number of carbonyl (C=O) groups is 2. The molecule has 0 radical (unpaired) electrons. The van der Waals surface area contributed by atoms with Crippen LogP contribution in [-0.4, -0.2) is 45.2 Å². The van der Waals surface area contributed by atoms with Crippen molar-refractivity contribution in [3.8, 4) is 0 Å². The average Bonchev–Trinajstić information content (AvgIpc) is 3.52. The molecule has 0 bridgehead atoms. The van der Waals surface area contributed by atoms with Gasteiger partial charge < -0.3 is 14.0 Å². The van der Waals surface area contributed by atoms with Gasteiger partial charge in [0.25, 0.3) is 16.6 Å². The van der Waals surface area contributed by atoms with E-state index in [0.717, 1.165) is 25.7 Å². The number of rotatable bonds is 20. The normalized spacial score (nSPS) is 18.9. The van der Waals surface area contributed by atoms with Gasteiger partial charge in [-0.2, -0.15) is 0 Å². The molecule has 1 fully saturated rings. The maximum Gasteiger partial charge on any atom is 0.303 e. The highest BCUT2D eigenvalue weighted by Crippen LogP contribution is 2.45. The number of benzene rings is 4. The molecule has 320 valence electrons. The van der Waals surface area contributed by atoms with E-state index >= 15 is 0 Å². The van der Waals surface area contributed by atoms with Crippen LogP contribution in [0, 0.1) is 11.8 Å². The van der Waals surface area contributed by atoms with Crippen molar-refractivity contribution >= 4 is 49.1 Å². The quantitative estimate of drug-likeness (QED) is 0.0545. The van der Waals surface area contributed by atoms with Gasteiger partial charge in [-0.15, -0.1) is 0 Å². The first-order valence-corrected chi connectivity index (χ1v) is 26.1. The molecule has 5 rings (SSSR count). The largest absolute Gasteiger partial charge is 0.481 e. The Balaban J connectivity index is 1.61. The van der Waals surface area contributed by atoms with Crippen LogP contribution in [0.4, 0.5) is 0 Å². The summed E-state index contributed by atoms with van der Waals surface area (Å²) in [5, 5.41) is 13.7. The zero-order valence-corrected chi connectivity index (χ0v) is 39.5. The first kappa shape index (κ1) is 46.9. The van der Waals surface area contributed by atoms with E-state index in [2.05, 4.69) is 201 Å². The molecule has 1 N–H and O–H groups in total. The van der Waals surface area contributed by atoms with Gasteiger partial charge in [0.2, 0.25) is 0 Å². The Labute approximate surface area is 363 Å². The predicted molar refractivity (Wildman–Crippen MR) is 255 cm³/mol. The van der Waals surface area contributed by atoms with Crippen molar-refractivity contribution in [3.63, 3.8) is 0 Å². The molecule has 1 unspecified atom stereocenters. The summed E-state index contributed by atoms with van der Waals surface area (Å²) in [6.07, 6.45) is 14.8. The van der Waals surface area contributed by atoms with Gasteiger partial charge in [-0.05, 0) is 63.4 Å². The van der Waals surface area contributed by atoms with E-state index in [1.165, 1.54) is 20.7 Å². The zero-order chi connectivity index (χ0) is 43.4. The molecule has 5 nitrogen and oxygen atoms in total. The summed E-state index contributed by atoms with van der Waals surface area (Å²) in [6.45, 7) is 18.3. The molecule has 4 atom stereocenters. The third-order valence-electron chi connectivity index (χ3n) is 12.5. The summed E-state index contributed by atoms with van der Waals surface area (Å²) in [5.41, 5.74) is -0.658. The van der Waals surface area contributed by atoms with Crippen molar-refractivity contribution in [2.45, 2.75) is 135 Å². The monoisotopic (exact) mass is 842 g/mol. The molecule has 0 spiro atoms. The zero-order valence-electron chi connectivity index (χ0n) is 37.5. The number of carboxylic acid groups (broad SMARTS) is 1. The number of ketones is 1. The maximum absolute atomic E-state index is 14.6. The third-order valence-corrected chi connectivity index (χ3v) is 22.8. The topological polar surface area (TPSA) is 72.8 Å². The lowest BCUT2D eigenvalue weighted by molar-refractivity contribution is -0.137. The van der Waals surface area contributed by atoms with E-state index < -0.39 is 28.2 Å². The SMILES string of the molecule is CCCCCC(C)(C=C[C@H]1C(=O)C[C@H](O[Si](c2ccccc2)(c2ccccc2)C(C)(C)C)[C@@H]1CC=CCCCC(=O)O)O[Si](c1ccccc1)(c1ccccc1)C(C)(C)C. The van der Waals surface area contributed by atoms with Crippen LogP contribution in [0.5, 0.6) is 0 Å². The van der Waals surface area contributed by atoms with Gasteiger partial charge >= 0.3 is 5.97 Å². The second kappa shape index (κ2) is 20.6. The van der Waals surface area contributed by atoms with Crippen LogP contribution in [0.25, 0.3) is 0 Å². The number of allylic oxidation sites excluding steroid dienone is 3. The smallest absolute Gasteiger partial charge is 0.303 e. The fourth-order valence-corrected chi connectivity index (χ4v) is 19.0. The molecule has 1 saturated carbocycles. The lowest BCUT2D eigenvalue weighted by atomic mass is 9.88. The van der Waals surface area contributed by atoms with Gasteiger partial charge in [-0.25, -0.2) is 0 Å². The minimum Gasteiger partial charge on any atom is -0.481 e. The molecular formula is C53H70O5Si2. The first-order chi connectivity index (χ1) is 28.6. The van der Waals surface area contributed by atoms with Crippen LogP contribution < -0.4 is 20.7 Å². The summed E-state index contributed by atoms with van der Waals surface area (Å²) < 4.78 is 15.7. The van der Waals surface area contributed by atoms with Crippen molar-refractivity contribution in [2.24, 2.45) is 11.8 Å². The molecule has 0 amide bonds. The summed E-state index contributed by atoms with van der Waals surface area (Å²) >= 11 is 0. The van der Waals surface area contributed by atoms with Crippen molar-refractivity contribution in [3.05, 3.63) is 146 Å². The van der Waals surface area contributed by atoms with Crippen molar-refractivity contribution in [1.82, 2.24) is 0 Å². The lowest BCUT2D eigenvalue weighted by Crippen LogP contribution is -2.69. The maximum atomic E-state index is 14.6. The van der Waals surface area contributed by atoms with Crippen LogP contribution in [0.15, 0.2) is 146 Å². The van der Waals surface area contributed by atoms with Crippen molar-refractivity contribution < 1.29 is 23.5 Å². The van der Waals surface area contributed by atoms with Gasteiger partial charge in [0.1, 0.15) is 5.78 Å². The molecule has 0 heterocycles. The van der Waals surface area contributed by atoms with E-state index in [0.29, 0.717) is 25.7 Å². The van der Waals surface area contributed by atoms with Gasteiger partial charge in [-0.1, -0.05) is 213 Å². The average molecular weight is 843 g/mol. The summed E-state index contributed by atoms with van der Waals surface area (Å²) in [4.78, 5) is 25.9. The molecular weight excluding hydrogens is 773 g/mol. The summed E-state index contributed by atoms with van der Waals surface area (Å²) in [7, 11) is -5.93. The predicted octanol–water partition coefficient (Wildman–Crippen LogP) is 10.8. The van der Waals surface area contributed by atoms with Crippen LogP contribution in [0.1, 0.15) is 113 Å². The molecule has 0 aromatic heterocycles. The summed E-state index contributed by atoms with van der Waals surface area (Å²) in [5.74, 6) is -1.07. The van der Waals surface area contributed by atoms with Gasteiger partial charge in [0.15, 0.2) is 0 Å². The van der Waals surface area contributed by atoms with Crippen molar-refractivity contribution in [2.75, 3.05) is 0 Å². The number of Topliss-reactive ketones (excluding diaryl/α,β-unsaturated/α-hetero) is 1. The van der Waals surface area contributed by atoms with Crippen LogP contribution in [-0.2, 0) is 18.4 Å². The number of carboxylic acids is 1. The molecule has 4 aromatic carbocycles. The standard InChI is InChI=1S/C53H70O5Si2/c1-9-10-27-39-53(8,58-60(52(5,6)7,44-32-21-15-22-33-44)45-34-23-16-24-35-45)40-38-46-47(36-25-11-12-26-37-50(55)56)49(41-48(46)54)57-59(51(2,3)4,42-28-17-13-18-29-42)43-30-19-14-20-31-43/h11,13-25,28-35,38,40,46-47,49H,9-10,12,26-27,36-37,39,41H2,1-8H3,(H,55,56)/t46-,47-,49+,53?/m1/s1. The number of aliphatic carboxylic acids is 1. The fraction of sp³-hybridized carbons (Fsp3) is 0.434. The molecule has 0 saturated heterocycles. The Morgan fingerprint density at radius 2 is 1.15 bits per heavy atom. The van der Waals surface area contributed by atoms with E-state index in [-0.39, 0.29) is 40.2 Å². The molecule has 60 heavy (non-hydrogen) atoms.